The summed E-state index contributed by atoms with van der Waals surface area (Å²) in [5.41, 5.74) is 5.30. The molecule has 188 valence electrons. The zero-order chi connectivity index (χ0) is 25.8. The summed E-state index contributed by atoms with van der Waals surface area (Å²) < 4.78 is 18.9. The molecule has 3 aromatic carbocycles. The third-order valence-electron chi connectivity index (χ3n) is 7.62. The lowest BCUT2D eigenvalue weighted by Gasteiger charge is -2.30. The van der Waals surface area contributed by atoms with Gasteiger partial charge in [0, 0.05) is 44.3 Å². The lowest BCUT2D eigenvalue weighted by molar-refractivity contribution is 0.0968. The number of nitrogens with zero attached hydrogens (tertiary/aromatic N) is 3. The van der Waals surface area contributed by atoms with Gasteiger partial charge in [0.1, 0.15) is 11.4 Å². The van der Waals surface area contributed by atoms with Crippen molar-refractivity contribution >= 4 is 22.5 Å². The Bertz CT molecular complexity index is 1760. The lowest BCUT2D eigenvalue weighted by atomic mass is 10.0. The monoisotopic (exact) mass is 504 g/mol. The number of hydrogen-bond acceptors (Lipinski definition) is 4. The first-order valence-electron chi connectivity index (χ1n) is 12.8. The van der Waals surface area contributed by atoms with E-state index in [-0.39, 0.29) is 16.9 Å². The molecule has 2 aromatic heterocycles. The molecule has 4 heterocycles. The van der Waals surface area contributed by atoms with Gasteiger partial charge in [0.2, 0.25) is 5.43 Å². The molecule has 0 amide bonds. The zero-order valence-corrected chi connectivity index (χ0v) is 20.7. The highest BCUT2D eigenvalue weighted by atomic mass is 19.1. The van der Waals surface area contributed by atoms with Crippen molar-refractivity contribution in [2.75, 3.05) is 31.1 Å². The molecular weight excluding hydrogens is 479 g/mol. The second-order valence-corrected chi connectivity index (χ2v) is 9.83. The number of fused-ring (bicyclic) bond motifs is 4. The molecule has 0 atom stereocenters. The van der Waals surface area contributed by atoms with Crippen molar-refractivity contribution in [2.24, 2.45) is 0 Å². The molecule has 38 heavy (non-hydrogen) atoms. The number of benzene rings is 3. The van der Waals surface area contributed by atoms with Gasteiger partial charge in [-0.25, -0.2) is 4.39 Å². The molecular formula is C31H25FN4O2. The summed E-state index contributed by atoms with van der Waals surface area (Å²) >= 11 is 0. The Morgan fingerprint density at radius 3 is 2.34 bits per heavy atom. The second kappa shape index (κ2) is 8.82. The summed E-state index contributed by atoms with van der Waals surface area (Å²) in [4.78, 5) is 28.9. The highest BCUT2D eigenvalue weighted by Gasteiger charge is 2.33. The largest absolute Gasteiger partial charge is 0.367 e. The van der Waals surface area contributed by atoms with Gasteiger partial charge in [0.15, 0.2) is 0 Å². The van der Waals surface area contributed by atoms with E-state index >= 15 is 4.39 Å². The van der Waals surface area contributed by atoms with E-state index in [1.807, 2.05) is 33.7 Å². The predicted molar refractivity (Wildman–Crippen MR) is 147 cm³/mol. The van der Waals surface area contributed by atoms with E-state index in [0.29, 0.717) is 42.2 Å². The summed E-state index contributed by atoms with van der Waals surface area (Å²) in [5.74, 6) is -0.813. The van der Waals surface area contributed by atoms with E-state index in [1.165, 1.54) is 10.6 Å². The smallest absolute Gasteiger partial charge is 0.268 e. The van der Waals surface area contributed by atoms with Gasteiger partial charge in [-0.05, 0) is 41.0 Å². The van der Waals surface area contributed by atoms with Crippen molar-refractivity contribution in [3.63, 3.8) is 0 Å². The van der Waals surface area contributed by atoms with Crippen LogP contribution in [0.4, 0.5) is 10.1 Å². The first kappa shape index (κ1) is 22.7. The molecule has 0 saturated carbocycles. The molecule has 7 heteroatoms. The van der Waals surface area contributed by atoms with Crippen LogP contribution in [0.2, 0.25) is 0 Å². The van der Waals surface area contributed by atoms with Crippen molar-refractivity contribution in [2.45, 2.75) is 6.54 Å². The maximum atomic E-state index is 15.4. The molecule has 0 radical (unpaired) electrons. The van der Waals surface area contributed by atoms with Gasteiger partial charge in [-0.2, -0.15) is 0 Å². The number of rotatable bonds is 4. The Hall–Kier alpha value is -4.49. The fourth-order valence-electron chi connectivity index (χ4n) is 5.72. The van der Waals surface area contributed by atoms with Crippen LogP contribution in [0.25, 0.3) is 33.4 Å². The molecule has 2 aliphatic heterocycles. The SMILES string of the molecule is O=C1c2c(n(Cc3ccc(-c4ccccc4)cc3)c3cc(N4CCNCC4)c(F)cc3c2=O)-c2cccn21. The Kier molecular flexibility index (Phi) is 5.26. The molecule has 5 aromatic rings. The third-order valence-corrected chi connectivity index (χ3v) is 7.62. The van der Waals surface area contributed by atoms with Crippen LogP contribution < -0.4 is 15.6 Å². The summed E-state index contributed by atoms with van der Waals surface area (Å²) in [5, 5.41) is 3.52. The van der Waals surface area contributed by atoms with Gasteiger partial charge in [-0.1, -0.05) is 54.6 Å². The molecule has 1 fully saturated rings. The fourth-order valence-corrected chi connectivity index (χ4v) is 5.72. The number of hydrogen-bond donors (Lipinski definition) is 1. The highest BCUT2D eigenvalue weighted by Crippen LogP contribution is 2.36. The number of aromatic nitrogens is 2. The Morgan fingerprint density at radius 1 is 0.842 bits per heavy atom. The van der Waals surface area contributed by atoms with E-state index in [9.17, 15) is 9.59 Å². The van der Waals surface area contributed by atoms with Crippen molar-refractivity contribution in [3.8, 4) is 22.5 Å². The van der Waals surface area contributed by atoms with Gasteiger partial charge >= 0.3 is 0 Å². The van der Waals surface area contributed by atoms with Crippen molar-refractivity contribution in [3.05, 3.63) is 112 Å². The number of carbonyl (C=O) groups is 1. The number of halogens is 1. The Labute approximate surface area is 218 Å². The Balaban J connectivity index is 1.43. The van der Waals surface area contributed by atoms with Crippen molar-refractivity contribution < 1.29 is 9.18 Å². The van der Waals surface area contributed by atoms with Crippen LogP contribution in [-0.4, -0.2) is 41.2 Å². The molecule has 1 N–H and O–H groups in total. The molecule has 0 unspecified atom stereocenters. The normalized spacial score (nSPS) is 14.7. The van der Waals surface area contributed by atoms with Crippen LogP contribution in [-0.2, 0) is 6.54 Å². The number of pyridine rings is 1. The minimum absolute atomic E-state index is 0.100. The lowest BCUT2D eigenvalue weighted by Crippen LogP contribution is -2.43. The van der Waals surface area contributed by atoms with E-state index in [0.717, 1.165) is 29.8 Å². The molecule has 7 rings (SSSR count). The Morgan fingerprint density at radius 2 is 1.58 bits per heavy atom. The number of anilines is 1. The minimum atomic E-state index is -0.444. The van der Waals surface area contributed by atoms with E-state index in [1.54, 1.807) is 18.3 Å². The first-order chi connectivity index (χ1) is 18.6. The maximum absolute atomic E-state index is 15.4. The van der Waals surface area contributed by atoms with E-state index in [2.05, 4.69) is 41.7 Å². The van der Waals surface area contributed by atoms with Gasteiger partial charge in [0.05, 0.1) is 22.6 Å². The van der Waals surface area contributed by atoms with Crippen molar-refractivity contribution in [1.82, 2.24) is 14.5 Å². The standard InChI is InChI=1S/C31H25FN4O2/c32-24-17-23-26(18-27(24)34-15-12-33-13-16-34)36(29-25-7-4-14-35(25)31(38)28(29)30(23)37)19-20-8-10-22(11-9-20)21-5-2-1-3-6-21/h1-11,14,17-18,33H,12-13,15-16,19H2. The predicted octanol–water partition coefficient (Wildman–Crippen LogP) is 4.74. The first-order valence-corrected chi connectivity index (χ1v) is 12.8. The topological polar surface area (TPSA) is 59.3 Å². The highest BCUT2D eigenvalue weighted by molar-refractivity contribution is 6.10. The van der Waals surface area contributed by atoms with Gasteiger partial charge in [0.25, 0.3) is 5.91 Å². The minimum Gasteiger partial charge on any atom is -0.367 e. The number of piperazine rings is 1. The zero-order valence-electron chi connectivity index (χ0n) is 20.7. The summed E-state index contributed by atoms with van der Waals surface area (Å²) in [6.07, 6.45) is 1.67. The van der Waals surface area contributed by atoms with E-state index in [4.69, 9.17) is 0 Å². The fraction of sp³-hybridized carbons (Fsp3) is 0.161. The van der Waals surface area contributed by atoms with Gasteiger partial charge in [-0.3, -0.25) is 14.2 Å². The average Bonchev–Trinajstić information content (AvgIpc) is 3.54. The van der Waals surface area contributed by atoms with E-state index < -0.39 is 11.2 Å². The van der Waals surface area contributed by atoms with Gasteiger partial charge in [-0.15, -0.1) is 0 Å². The molecule has 0 bridgehead atoms. The van der Waals surface area contributed by atoms with Crippen LogP contribution in [0.3, 0.4) is 0 Å². The van der Waals surface area contributed by atoms with Crippen LogP contribution >= 0.6 is 0 Å². The van der Waals surface area contributed by atoms with Crippen LogP contribution in [0.15, 0.2) is 89.9 Å². The van der Waals surface area contributed by atoms with Crippen LogP contribution in [0.1, 0.15) is 15.9 Å². The average molecular weight is 505 g/mol. The van der Waals surface area contributed by atoms with Crippen LogP contribution in [0, 0.1) is 5.82 Å². The maximum Gasteiger partial charge on any atom is 0.268 e. The molecule has 0 spiro atoms. The third kappa shape index (κ3) is 3.50. The molecule has 6 nitrogen and oxygen atoms in total. The molecule has 2 aliphatic rings. The molecule has 0 aliphatic carbocycles. The summed E-state index contributed by atoms with van der Waals surface area (Å²) in [7, 11) is 0. The number of nitrogens with one attached hydrogen (secondary N) is 1. The van der Waals surface area contributed by atoms with Crippen molar-refractivity contribution in [1.29, 1.82) is 0 Å². The molecule has 1 saturated heterocycles. The second-order valence-electron chi connectivity index (χ2n) is 9.83. The van der Waals surface area contributed by atoms with Gasteiger partial charge < -0.3 is 14.8 Å². The number of carbonyl (C=O) groups excluding carboxylic acids is 1. The summed E-state index contributed by atoms with van der Waals surface area (Å²) in [6.45, 7) is 3.33. The van der Waals surface area contributed by atoms with Crippen LogP contribution in [0.5, 0.6) is 0 Å². The summed E-state index contributed by atoms with van der Waals surface area (Å²) in [6, 6.07) is 25.2. The quantitative estimate of drug-likeness (QED) is 0.377.